The Morgan fingerprint density at radius 3 is 1.25 bits per heavy atom. The maximum Gasteiger partial charge on any atom is 0.631 e. The highest BCUT2D eigenvalue weighted by atomic mass is 16.5. The molecule has 0 spiro atoms. The van der Waals surface area contributed by atoms with Gasteiger partial charge in [-0.15, -0.1) is 0 Å². The largest absolute Gasteiger partial charge is 0.631 e. The number of hydrogen-bond donors (Lipinski definition) is 3. The van der Waals surface area contributed by atoms with E-state index in [9.17, 15) is 0 Å². The molecule has 0 unspecified atom stereocenters. The van der Waals surface area contributed by atoms with Crippen molar-refractivity contribution < 1.29 is 16.5 Å². The lowest BCUT2D eigenvalue weighted by atomic mass is 10.3. The quantitative estimate of drug-likeness (QED) is 0.291. The van der Waals surface area contributed by atoms with Crippen LogP contribution in [0.1, 0.15) is 1.43 Å². The molecule has 0 saturated carbocycles. The van der Waals surface area contributed by atoms with Gasteiger partial charge in [0.05, 0.1) is 0 Å². The van der Waals surface area contributed by atoms with Gasteiger partial charge in [0.2, 0.25) is 0 Å². The van der Waals surface area contributed by atoms with Crippen LogP contribution < -0.4 is 0 Å². The Morgan fingerprint density at radius 1 is 1.25 bits per heavy atom. The molecule has 0 aliphatic rings. The van der Waals surface area contributed by atoms with Crippen molar-refractivity contribution in [2.45, 2.75) is 0 Å². The topological polar surface area (TPSA) is 60.7 Å². The summed E-state index contributed by atoms with van der Waals surface area (Å²) in [6.07, 6.45) is 0. The molecule has 26 valence electrons. The monoisotopic (exact) mass is 65.0 g/mol. The maximum absolute atomic E-state index is 7.17. The fourth-order valence-corrected chi connectivity index (χ4v) is 0. The van der Waals surface area contributed by atoms with Gasteiger partial charge in [-0.3, -0.25) is 0 Å². The average molecular weight is 64.9 g/mol. The fourth-order valence-electron chi connectivity index (χ4n) is 0. The summed E-state index contributed by atoms with van der Waals surface area (Å²) in [6.45, 7) is 0. The Bertz CT molecular complexity index is 11.6. The normalized spacial score (nSPS) is 6.75. The standard InChI is InChI=1S/BH3O3.H2/c2-1(3)4;/h2-4H;1H/i;1+1. The zero-order valence-corrected chi connectivity index (χ0v) is 1.92. The van der Waals surface area contributed by atoms with Gasteiger partial charge in [0, 0.05) is 1.43 Å². The third kappa shape index (κ3) is 573. The van der Waals surface area contributed by atoms with Crippen molar-refractivity contribution in [1.82, 2.24) is 0 Å². The molecule has 3 nitrogen and oxygen atoms in total. The number of hydrogen-bond acceptors (Lipinski definition) is 3. The molecule has 0 aromatic heterocycles. The van der Waals surface area contributed by atoms with Crippen molar-refractivity contribution in [2.75, 3.05) is 0 Å². The molecule has 0 aromatic rings. The summed E-state index contributed by atoms with van der Waals surface area (Å²) in [6, 6.07) is 0. The SMILES string of the molecule is OB(O)O.[2HH]. The number of rotatable bonds is 0. The summed E-state index contributed by atoms with van der Waals surface area (Å²) < 4.78 is 0. The Hall–Kier alpha value is -0.0551. The first kappa shape index (κ1) is 3.94. The van der Waals surface area contributed by atoms with Crippen molar-refractivity contribution in [3.63, 3.8) is 0 Å². The zero-order chi connectivity index (χ0) is 3.58. The minimum Gasteiger partial charge on any atom is -0.402 e. The molecule has 0 aromatic carbocycles. The first-order valence-electron chi connectivity index (χ1n) is 0.775. The lowest BCUT2D eigenvalue weighted by molar-refractivity contribution is 0.278. The lowest BCUT2D eigenvalue weighted by Gasteiger charge is -1.69. The van der Waals surface area contributed by atoms with E-state index in [0.29, 0.717) is 0 Å². The molecule has 0 rings (SSSR count). The molecule has 4 heavy (non-hydrogen) atoms. The van der Waals surface area contributed by atoms with Crippen LogP contribution in [0.15, 0.2) is 0 Å². The predicted molar refractivity (Wildman–Crippen MR) is 14.5 cm³/mol. The Kier molecular flexibility index (Phi) is 1.27. The van der Waals surface area contributed by atoms with Gasteiger partial charge in [-0.05, 0) is 0 Å². The Labute approximate surface area is 25.2 Å². The van der Waals surface area contributed by atoms with Crippen LogP contribution in [0.3, 0.4) is 0 Å². The highest BCUT2D eigenvalue weighted by Crippen LogP contribution is 1.40. The Balaban J connectivity index is 0. The van der Waals surface area contributed by atoms with Gasteiger partial charge in [-0.25, -0.2) is 0 Å². The van der Waals surface area contributed by atoms with Gasteiger partial charge >= 0.3 is 7.32 Å². The first-order chi connectivity index (χ1) is 1.73. The molecule has 0 saturated heterocycles. The van der Waals surface area contributed by atoms with E-state index in [1.54, 1.807) is 0 Å². The third-order valence-corrected chi connectivity index (χ3v) is 0. The molecule has 4 heteroatoms. The van der Waals surface area contributed by atoms with Gasteiger partial charge in [0.15, 0.2) is 0 Å². The van der Waals surface area contributed by atoms with Gasteiger partial charge in [0.25, 0.3) is 0 Å². The van der Waals surface area contributed by atoms with Crippen LogP contribution in [0.5, 0.6) is 0 Å². The smallest absolute Gasteiger partial charge is 0.402 e. The molecule has 0 bridgehead atoms. The van der Waals surface area contributed by atoms with E-state index >= 15 is 0 Å². The average Bonchev–Trinajstić information content (AvgIpc) is 0.811. The molecule has 0 fully saturated rings. The fraction of sp³-hybridized carbons (Fsp3) is 0. The first-order valence-corrected chi connectivity index (χ1v) is 0.775. The van der Waals surface area contributed by atoms with E-state index in [-0.39, 0.29) is 1.43 Å². The van der Waals surface area contributed by atoms with Crippen LogP contribution in [-0.4, -0.2) is 22.4 Å². The minimum absolute atomic E-state index is 0. The molecule has 0 atom stereocenters. The molecule has 0 heterocycles. The van der Waals surface area contributed by atoms with Gasteiger partial charge in [-0.2, -0.15) is 0 Å². The molecule has 0 amide bonds. The van der Waals surface area contributed by atoms with E-state index in [1.807, 2.05) is 0 Å². The van der Waals surface area contributed by atoms with E-state index in [4.69, 9.17) is 15.1 Å². The second kappa shape index (κ2) is 1.28. The second-order valence-corrected chi connectivity index (χ2v) is 0.346. The van der Waals surface area contributed by atoms with Crippen LogP contribution in [0.4, 0.5) is 0 Å². The highest BCUT2D eigenvalue weighted by Gasteiger charge is 1.92. The van der Waals surface area contributed by atoms with Crippen LogP contribution >= 0.6 is 0 Å². The van der Waals surface area contributed by atoms with Crippen molar-refractivity contribution in [3.05, 3.63) is 0 Å². The summed E-state index contributed by atoms with van der Waals surface area (Å²) in [5.41, 5.74) is 0. The molecule has 0 aliphatic carbocycles. The Morgan fingerprint density at radius 2 is 1.25 bits per heavy atom. The van der Waals surface area contributed by atoms with Gasteiger partial charge in [-0.1, -0.05) is 0 Å². The summed E-state index contributed by atoms with van der Waals surface area (Å²) in [5, 5.41) is 21.5. The van der Waals surface area contributed by atoms with Crippen molar-refractivity contribution in [2.24, 2.45) is 0 Å². The third-order valence-electron chi connectivity index (χ3n) is 0. The summed E-state index contributed by atoms with van der Waals surface area (Å²) >= 11 is 0. The lowest BCUT2D eigenvalue weighted by Crippen LogP contribution is -2.07. The maximum atomic E-state index is 7.17. The van der Waals surface area contributed by atoms with Crippen LogP contribution in [0, 0.1) is 0 Å². The zero-order valence-electron chi connectivity index (χ0n) is 1.92. The summed E-state index contributed by atoms with van der Waals surface area (Å²) in [5.74, 6) is 0. The van der Waals surface area contributed by atoms with E-state index < -0.39 is 7.32 Å². The van der Waals surface area contributed by atoms with E-state index in [1.165, 1.54) is 0 Å². The van der Waals surface area contributed by atoms with E-state index in [0.717, 1.165) is 0 Å². The molecule has 0 aliphatic heterocycles. The van der Waals surface area contributed by atoms with Crippen LogP contribution in [0.25, 0.3) is 0 Å². The van der Waals surface area contributed by atoms with Crippen LogP contribution in [0.2, 0.25) is 0 Å². The predicted octanol–water partition coefficient (Wildman–Crippen LogP) is -1.81. The summed E-state index contributed by atoms with van der Waals surface area (Å²) in [7, 11) is -2.17. The highest BCUT2D eigenvalue weighted by molar-refractivity contribution is 6.30. The second-order valence-electron chi connectivity index (χ2n) is 0.346. The molecule has 3 N–H and O–H groups in total. The molecular formula is H5BO3. The van der Waals surface area contributed by atoms with Gasteiger partial charge < -0.3 is 15.1 Å². The molecular weight excluding hydrogens is 58.8 g/mol. The van der Waals surface area contributed by atoms with Crippen molar-refractivity contribution >= 4 is 7.32 Å². The van der Waals surface area contributed by atoms with E-state index in [2.05, 4.69) is 0 Å². The van der Waals surface area contributed by atoms with Crippen LogP contribution in [-0.2, 0) is 0 Å². The van der Waals surface area contributed by atoms with Crippen molar-refractivity contribution in [1.29, 1.82) is 0 Å². The summed E-state index contributed by atoms with van der Waals surface area (Å²) in [4.78, 5) is 0. The van der Waals surface area contributed by atoms with Gasteiger partial charge in [0.1, 0.15) is 0 Å². The van der Waals surface area contributed by atoms with Crippen molar-refractivity contribution in [3.8, 4) is 0 Å². The molecule has 0 radical (unpaired) electrons. The minimum atomic E-state index is -2.17.